The largest absolute Gasteiger partial charge is 0.0805 e. The number of benzene rings is 1. The summed E-state index contributed by atoms with van der Waals surface area (Å²) in [7, 11) is 0. The van der Waals surface area contributed by atoms with Gasteiger partial charge in [-0.15, -0.1) is 0 Å². The molecule has 1 aromatic rings. The third-order valence-electron chi connectivity index (χ3n) is 2.78. The Kier molecular flexibility index (Phi) is 2.86. The Morgan fingerprint density at radius 1 is 0.933 bits per heavy atom. The van der Waals surface area contributed by atoms with Crippen LogP contribution in [0.2, 0.25) is 0 Å². The van der Waals surface area contributed by atoms with Crippen LogP contribution in [0.15, 0.2) is 54.1 Å². The summed E-state index contributed by atoms with van der Waals surface area (Å²) in [5.41, 5.74) is 5.38. The maximum atomic E-state index is 2.23. The summed E-state index contributed by atoms with van der Waals surface area (Å²) in [4.78, 5) is 0. The van der Waals surface area contributed by atoms with Gasteiger partial charge in [-0.2, -0.15) is 0 Å². The summed E-state index contributed by atoms with van der Waals surface area (Å²) < 4.78 is 0. The SMILES string of the molecule is CC1=C(c2ccccc2C)C=CCC=C1. The van der Waals surface area contributed by atoms with Gasteiger partial charge in [-0.05, 0) is 42.5 Å². The zero-order valence-electron chi connectivity index (χ0n) is 9.33. The third kappa shape index (κ3) is 2.10. The lowest BCUT2D eigenvalue weighted by Gasteiger charge is -2.08. The Balaban J connectivity index is 2.55. The van der Waals surface area contributed by atoms with Crippen LogP contribution in [0.5, 0.6) is 0 Å². The van der Waals surface area contributed by atoms with Gasteiger partial charge < -0.3 is 0 Å². The molecular formula is C15H16. The molecule has 2 rings (SSSR count). The van der Waals surface area contributed by atoms with Crippen molar-refractivity contribution in [1.29, 1.82) is 0 Å². The highest BCUT2D eigenvalue weighted by atomic mass is 14.1. The number of hydrogen-bond donors (Lipinski definition) is 0. The minimum absolute atomic E-state index is 1.03. The fraction of sp³-hybridized carbons (Fsp3) is 0.200. The summed E-state index contributed by atoms with van der Waals surface area (Å²) >= 11 is 0. The first-order chi connectivity index (χ1) is 7.29. The van der Waals surface area contributed by atoms with E-state index in [1.807, 2.05) is 0 Å². The summed E-state index contributed by atoms with van der Waals surface area (Å²) in [6.07, 6.45) is 9.90. The van der Waals surface area contributed by atoms with Gasteiger partial charge in [-0.25, -0.2) is 0 Å². The Morgan fingerprint density at radius 2 is 1.67 bits per heavy atom. The number of aryl methyl sites for hydroxylation is 1. The predicted octanol–water partition coefficient (Wildman–Crippen LogP) is 4.28. The summed E-state index contributed by atoms with van der Waals surface area (Å²) in [6.45, 7) is 4.34. The molecule has 0 nitrogen and oxygen atoms in total. The molecule has 0 bridgehead atoms. The van der Waals surface area contributed by atoms with Gasteiger partial charge in [0.05, 0.1) is 0 Å². The Labute approximate surface area is 91.6 Å². The van der Waals surface area contributed by atoms with Crippen molar-refractivity contribution in [3.63, 3.8) is 0 Å². The van der Waals surface area contributed by atoms with E-state index in [1.54, 1.807) is 0 Å². The van der Waals surface area contributed by atoms with Crippen LogP contribution >= 0.6 is 0 Å². The van der Waals surface area contributed by atoms with E-state index >= 15 is 0 Å². The van der Waals surface area contributed by atoms with Crippen molar-refractivity contribution in [1.82, 2.24) is 0 Å². The van der Waals surface area contributed by atoms with E-state index < -0.39 is 0 Å². The van der Waals surface area contributed by atoms with Crippen LogP contribution in [-0.2, 0) is 0 Å². The van der Waals surface area contributed by atoms with Gasteiger partial charge in [0.15, 0.2) is 0 Å². The lowest BCUT2D eigenvalue weighted by Crippen LogP contribution is -1.88. The molecule has 15 heavy (non-hydrogen) atoms. The minimum atomic E-state index is 1.03. The second-order valence-electron chi connectivity index (χ2n) is 3.95. The van der Waals surface area contributed by atoms with Crippen molar-refractivity contribution in [2.75, 3.05) is 0 Å². The topological polar surface area (TPSA) is 0 Å². The molecule has 0 saturated carbocycles. The van der Waals surface area contributed by atoms with Gasteiger partial charge in [0.25, 0.3) is 0 Å². The van der Waals surface area contributed by atoms with Crippen molar-refractivity contribution in [3.8, 4) is 0 Å². The molecule has 0 aliphatic heterocycles. The smallest absolute Gasteiger partial charge is 0.0152 e. The average Bonchev–Trinajstić information content (AvgIpc) is 2.44. The van der Waals surface area contributed by atoms with Crippen LogP contribution in [0.25, 0.3) is 5.57 Å². The van der Waals surface area contributed by atoms with Crippen LogP contribution in [0.3, 0.4) is 0 Å². The molecular weight excluding hydrogens is 180 g/mol. The molecule has 0 N–H and O–H groups in total. The highest BCUT2D eigenvalue weighted by molar-refractivity contribution is 5.80. The van der Waals surface area contributed by atoms with E-state index in [2.05, 4.69) is 62.4 Å². The number of allylic oxidation sites excluding steroid dienone is 6. The highest BCUT2D eigenvalue weighted by Gasteiger charge is 2.04. The van der Waals surface area contributed by atoms with Crippen molar-refractivity contribution in [2.45, 2.75) is 20.3 Å². The number of rotatable bonds is 1. The van der Waals surface area contributed by atoms with Crippen molar-refractivity contribution in [3.05, 3.63) is 65.3 Å². The zero-order chi connectivity index (χ0) is 10.7. The van der Waals surface area contributed by atoms with Gasteiger partial charge in [0.1, 0.15) is 0 Å². The van der Waals surface area contributed by atoms with Crippen LogP contribution < -0.4 is 0 Å². The summed E-state index contributed by atoms with van der Waals surface area (Å²) in [6, 6.07) is 8.55. The van der Waals surface area contributed by atoms with Crippen LogP contribution in [0, 0.1) is 6.92 Å². The normalized spacial score (nSPS) is 15.6. The van der Waals surface area contributed by atoms with Gasteiger partial charge in [-0.3, -0.25) is 0 Å². The summed E-state index contributed by atoms with van der Waals surface area (Å²) in [5, 5.41) is 0. The van der Waals surface area contributed by atoms with E-state index in [9.17, 15) is 0 Å². The Hall–Kier alpha value is -1.56. The average molecular weight is 196 g/mol. The van der Waals surface area contributed by atoms with E-state index in [1.165, 1.54) is 22.3 Å². The monoisotopic (exact) mass is 196 g/mol. The maximum absolute atomic E-state index is 2.23. The second kappa shape index (κ2) is 4.31. The summed E-state index contributed by atoms with van der Waals surface area (Å²) in [5.74, 6) is 0. The third-order valence-corrected chi connectivity index (χ3v) is 2.78. The first kappa shape index (κ1) is 9.97. The molecule has 0 heteroatoms. The lowest BCUT2D eigenvalue weighted by atomic mass is 9.97. The highest BCUT2D eigenvalue weighted by Crippen LogP contribution is 2.25. The standard InChI is InChI=1S/C15H16/c1-12-8-4-3-5-10-14(12)15-11-7-6-9-13(15)2/h4-11H,3H2,1-2H3. The molecule has 0 heterocycles. The van der Waals surface area contributed by atoms with E-state index in [0.29, 0.717) is 0 Å². The number of hydrogen-bond acceptors (Lipinski definition) is 0. The first-order valence-electron chi connectivity index (χ1n) is 5.39. The minimum Gasteiger partial charge on any atom is -0.0805 e. The molecule has 0 spiro atoms. The first-order valence-corrected chi connectivity index (χ1v) is 5.39. The quantitative estimate of drug-likeness (QED) is 0.628. The van der Waals surface area contributed by atoms with Crippen molar-refractivity contribution < 1.29 is 0 Å². The molecule has 1 aliphatic rings. The molecule has 0 amide bonds. The van der Waals surface area contributed by atoms with Gasteiger partial charge in [0, 0.05) is 0 Å². The van der Waals surface area contributed by atoms with Gasteiger partial charge >= 0.3 is 0 Å². The van der Waals surface area contributed by atoms with Crippen molar-refractivity contribution >= 4 is 5.57 Å². The van der Waals surface area contributed by atoms with E-state index in [0.717, 1.165) is 6.42 Å². The van der Waals surface area contributed by atoms with Gasteiger partial charge in [0.2, 0.25) is 0 Å². The molecule has 0 aromatic heterocycles. The van der Waals surface area contributed by atoms with Crippen LogP contribution in [0.1, 0.15) is 24.5 Å². The molecule has 0 fully saturated rings. The van der Waals surface area contributed by atoms with Crippen LogP contribution in [0.4, 0.5) is 0 Å². The molecule has 0 unspecified atom stereocenters. The van der Waals surface area contributed by atoms with E-state index in [-0.39, 0.29) is 0 Å². The predicted molar refractivity (Wildman–Crippen MR) is 66.7 cm³/mol. The molecule has 76 valence electrons. The zero-order valence-corrected chi connectivity index (χ0v) is 9.33. The molecule has 0 atom stereocenters. The fourth-order valence-corrected chi connectivity index (χ4v) is 1.91. The Bertz CT molecular complexity index is 445. The second-order valence-corrected chi connectivity index (χ2v) is 3.95. The lowest BCUT2D eigenvalue weighted by molar-refractivity contribution is 1.40. The molecule has 0 saturated heterocycles. The van der Waals surface area contributed by atoms with E-state index in [4.69, 9.17) is 0 Å². The van der Waals surface area contributed by atoms with Crippen LogP contribution in [-0.4, -0.2) is 0 Å². The molecule has 0 radical (unpaired) electrons. The van der Waals surface area contributed by atoms with Gasteiger partial charge in [-0.1, -0.05) is 48.6 Å². The fourth-order valence-electron chi connectivity index (χ4n) is 1.91. The maximum Gasteiger partial charge on any atom is -0.0152 e. The Morgan fingerprint density at radius 3 is 2.47 bits per heavy atom. The molecule has 1 aliphatic carbocycles. The molecule has 1 aromatic carbocycles. The van der Waals surface area contributed by atoms with Crippen molar-refractivity contribution in [2.24, 2.45) is 0 Å².